The molecule has 1 unspecified atom stereocenters. The molecule has 0 saturated heterocycles. The Bertz CT molecular complexity index is 188. The Hall–Kier alpha value is -0.510. The summed E-state index contributed by atoms with van der Waals surface area (Å²) < 4.78 is 0. The fraction of sp³-hybridized carbons (Fsp3) is 0.900. The highest BCUT2D eigenvalue weighted by molar-refractivity contribution is 5.14. The van der Waals surface area contributed by atoms with Crippen molar-refractivity contribution in [3.63, 3.8) is 0 Å². The zero-order valence-electron chi connectivity index (χ0n) is 7.94. The second kappa shape index (κ2) is 2.24. The Kier molecular flexibility index (Phi) is 1.75. The summed E-state index contributed by atoms with van der Waals surface area (Å²) >= 11 is 0. The van der Waals surface area contributed by atoms with Gasteiger partial charge in [0, 0.05) is 0 Å². The van der Waals surface area contributed by atoms with Gasteiger partial charge in [-0.05, 0) is 24.2 Å². The number of rotatable bonds is 1. The van der Waals surface area contributed by atoms with Crippen LogP contribution in [0.15, 0.2) is 0 Å². The maximum absolute atomic E-state index is 8.94. The highest BCUT2D eigenvalue weighted by atomic mass is 14.6. The Labute approximate surface area is 69.4 Å². The molecule has 11 heavy (non-hydrogen) atoms. The molecule has 1 saturated carbocycles. The maximum Gasteiger partial charge on any atom is 0.0692 e. The van der Waals surface area contributed by atoms with Gasteiger partial charge in [0.15, 0.2) is 0 Å². The monoisotopic (exact) mass is 151 g/mol. The SMILES string of the molecule is CC(C(C)(C)C)C1(C#N)CC1. The lowest BCUT2D eigenvalue weighted by Gasteiger charge is -2.30. The molecule has 0 radical (unpaired) electrons. The molecule has 0 N–H and O–H groups in total. The average Bonchev–Trinajstić information content (AvgIpc) is 2.64. The summed E-state index contributed by atoms with van der Waals surface area (Å²) in [5.41, 5.74) is 0.324. The predicted molar refractivity (Wildman–Crippen MR) is 45.9 cm³/mol. The van der Waals surface area contributed by atoms with Gasteiger partial charge in [-0.2, -0.15) is 5.26 Å². The zero-order valence-corrected chi connectivity index (χ0v) is 7.94. The number of nitriles is 1. The van der Waals surface area contributed by atoms with Crippen LogP contribution in [0.5, 0.6) is 0 Å². The van der Waals surface area contributed by atoms with Crippen molar-refractivity contribution < 1.29 is 0 Å². The largest absolute Gasteiger partial charge is 0.198 e. The third kappa shape index (κ3) is 1.40. The minimum Gasteiger partial charge on any atom is -0.198 e. The standard InChI is InChI=1S/C10H17N/c1-8(9(2,3)4)10(7-11)5-6-10/h8H,5-6H2,1-4H3. The first-order chi connectivity index (χ1) is 4.92. The minimum atomic E-state index is 0.0399. The Morgan fingerprint density at radius 2 is 1.82 bits per heavy atom. The van der Waals surface area contributed by atoms with Crippen LogP contribution in [0.1, 0.15) is 40.5 Å². The fourth-order valence-corrected chi connectivity index (χ4v) is 1.61. The van der Waals surface area contributed by atoms with Crippen molar-refractivity contribution >= 4 is 0 Å². The molecule has 0 heterocycles. The van der Waals surface area contributed by atoms with Crippen LogP contribution in [0.3, 0.4) is 0 Å². The smallest absolute Gasteiger partial charge is 0.0692 e. The van der Waals surface area contributed by atoms with Crippen molar-refractivity contribution in [1.29, 1.82) is 5.26 Å². The van der Waals surface area contributed by atoms with Gasteiger partial charge in [0.05, 0.1) is 11.5 Å². The summed E-state index contributed by atoms with van der Waals surface area (Å²) in [6, 6.07) is 2.46. The Balaban J connectivity index is 2.70. The van der Waals surface area contributed by atoms with Crippen molar-refractivity contribution in [2.75, 3.05) is 0 Å². The van der Waals surface area contributed by atoms with E-state index in [0.29, 0.717) is 5.92 Å². The lowest BCUT2D eigenvalue weighted by atomic mass is 9.73. The molecular formula is C10H17N. The molecule has 1 fully saturated rings. The Morgan fingerprint density at radius 3 is 1.91 bits per heavy atom. The van der Waals surface area contributed by atoms with E-state index in [-0.39, 0.29) is 10.8 Å². The van der Waals surface area contributed by atoms with Crippen LogP contribution in [-0.2, 0) is 0 Å². The van der Waals surface area contributed by atoms with Gasteiger partial charge in [0.25, 0.3) is 0 Å². The second-order valence-corrected chi connectivity index (χ2v) is 4.86. The van der Waals surface area contributed by atoms with Crippen molar-refractivity contribution in [2.45, 2.75) is 40.5 Å². The van der Waals surface area contributed by atoms with E-state index >= 15 is 0 Å². The molecule has 1 atom stereocenters. The molecule has 0 aromatic rings. The first kappa shape index (κ1) is 8.59. The van der Waals surface area contributed by atoms with Crippen LogP contribution in [0.2, 0.25) is 0 Å². The lowest BCUT2D eigenvalue weighted by molar-refractivity contribution is 0.195. The molecule has 1 rings (SSSR count). The van der Waals surface area contributed by atoms with E-state index in [1.165, 1.54) is 0 Å². The van der Waals surface area contributed by atoms with Gasteiger partial charge in [-0.3, -0.25) is 0 Å². The molecule has 1 aliphatic carbocycles. The summed E-state index contributed by atoms with van der Waals surface area (Å²) in [6.45, 7) is 8.86. The normalized spacial score (nSPS) is 23.9. The van der Waals surface area contributed by atoms with Crippen molar-refractivity contribution in [2.24, 2.45) is 16.7 Å². The van der Waals surface area contributed by atoms with Crippen LogP contribution in [-0.4, -0.2) is 0 Å². The summed E-state index contributed by atoms with van der Waals surface area (Å²) in [5.74, 6) is 0.528. The van der Waals surface area contributed by atoms with Crippen LogP contribution in [0.4, 0.5) is 0 Å². The molecule has 1 nitrogen and oxygen atoms in total. The highest BCUT2D eigenvalue weighted by Crippen LogP contribution is 2.56. The van der Waals surface area contributed by atoms with E-state index in [0.717, 1.165) is 12.8 Å². The Morgan fingerprint density at radius 1 is 1.36 bits per heavy atom. The van der Waals surface area contributed by atoms with Crippen molar-refractivity contribution in [3.8, 4) is 6.07 Å². The van der Waals surface area contributed by atoms with E-state index in [1.807, 2.05) is 0 Å². The van der Waals surface area contributed by atoms with E-state index in [4.69, 9.17) is 5.26 Å². The fourth-order valence-electron chi connectivity index (χ4n) is 1.61. The third-order valence-corrected chi connectivity index (χ3v) is 3.14. The van der Waals surface area contributed by atoms with Crippen LogP contribution in [0, 0.1) is 28.1 Å². The maximum atomic E-state index is 8.94. The molecule has 0 aliphatic heterocycles. The summed E-state index contributed by atoms with van der Waals surface area (Å²) in [6.07, 6.45) is 2.23. The van der Waals surface area contributed by atoms with Gasteiger partial charge < -0.3 is 0 Å². The average molecular weight is 151 g/mol. The van der Waals surface area contributed by atoms with E-state index in [1.54, 1.807) is 0 Å². The zero-order chi connectivity index (χ0) is 8.70. The lowest BCUT2D eigenvalue weighted by Crippen LogP contribution is -2.25. The van der Waals surface area contributed by atoms with Gasteiger partial charge in [0.2, 0.25) is 0 Å². The first-order valence-corrected chi connectivity index (χ1v) is 4.34. The molecule has 1 heteroatoms. The quantitative estimate of drug-likeness (QED) is 0.565. The van der Waals surface area contributed by atoms with Gasteiger partial charge in [0.1, 0.15) is 0 Å². The molecule has 0 aromatic heterocycles. The first-order valence-electron chi connectivity index (χ1n) is 4.34. The van der Waals surface area contributed by atoms with Gasteiger partial charge in [-0.25, -0.2) is 0 Å². The van der Waals surface area contributed by atoms with E-state index in [2.05, 4.69) is 33.8 Å². The summed E-state index contributed by atoms with van der Waals surface area (Å²) in [7, 11) is 0. The highest BCUT2D eigenvalue weighted by Gasteiger charge is 2.51. The van der Waals surface area contributed by atoms with Gasteiger partial charge >= 0.3 is 0 Å². The molecule has 1 aliphatic rings. The second-order valence-electron chi connectivity index (χ2n) is 4.86. The van der Waals surface area contributed by atoms with Gasteiger partial charge in [-0.1, -0.05) is 27.7 Å². The van der Waals surface area contributed by atoms with E-state index in [9.17, 15) is 0 Å². The molecule has 0 spiro atoms. The van der Waals surface area contributed by atoms with Crippen molar-refractivity contribution in [3.05, 3.63) is 0 Å². The number of nitrogens with zero attached hydrogens (tertiary/aromatic N) is 1. The topological polar surface area (TPSA) is 23.8 Å². The molecule has 62 valence electrons. The predicted octanol–water partition coefficient (Wildman–Crippen LogP) is 2.97. The molecular weight excluding hydrogens is 134 g/mol. The number of hydrogen-bond donors (Lipinski definition) is 0. The summed E-state index contributed by atoms with van der Waals surface area (Å²) in [4.78, 5) is 0. The number of hydrogen-bond acceptors (Lipinski definition) is 1. The molecule has 0 aromatic carbocycles. The minimum absolute atomic E-state index is 0.0399. The van der Waals surface area contributed by atoms with Crippen molar-refractivity contribution in [1.82, 2.24) is 0 Å². The van der Waals surface area contributed by atoms with Crippen LogP contribution >= 0.6 is 0 Å². The van der Waals surface area contributed by atoms with Crippen LogP contribution in [0.25, 0.3) is 0 Å². The van der Waals surface area contributed by atoms with Crippen LogP contribution < -0.4 is 0 Å². The van der Waals surface area contributed by atoms with E-state index < -0.39 is 0 Å². The third-order valence-electron chi connectivity index (χ3n) is 3.14. The van der Waals surface area contributed by atoms with Gasteiger partial charge in [-0.15, -0.1) is 0 Å². The molecule has 0 bridgehead atoms. The summed E-state index contributed by atoms with van der Waals surface area (Å²) in [5, 5.41) is 8.94. The molecule has 0 amide bonds.